The molecule has 0 aliphatic carbocycles. The predicted octanol–water partition coefficient (Wildman–Crippen LogP) is 6.93. The third-order valence-electron chi connectivity index (χ3n) is 7.31. The highest BCUT2D eigenvalue weighted by atomic mass is 19.1. The van der Waals surface area contributed by atoms with Crippen molar-refractivity contribution < 1.29 is 23.5 Å². The molecule has 0 radical (unpaired) electrons. The van der Waals surface area contributed by atoms with E-state index in [2.05, 4.69) is 20.6 Å². The minimum atomic E-state index is -0.604. The Kier molecular flexibility index (Phi) is 7.47. The van der Waals surface area contributed by atoms with Crippen LogP contribution in [0, 0.1) is 12.7 Å². The van der Waals surface area contributed by atoms with Crippen molar-refractivity contribution in [1.82, 2.24) is 9.97 Å². The lowest BCUT2D eigenvalue weighted by molar-refractivity contribution is 0.0998. The fraction of sp³-hybridized carbons (Fsp3) is 0.0588. The zero-order valence-corrected chi connectivity index (χ0v) is 23.5. The molecular formula is C34H26FN5O4. The molecule has 2 heterocycles. The number of rotatable bonds is 7. The highest BCUT2D eigenvalue weighted by Crippen LogP contribution is 2.39. The number of ether oxygens (including phenoxy) is 1. The van der Waals surface area contributed by atoms with Crippen molar-refractivity contribution >= 4 is 51.1 Å². The van der Waals surface area contributed by atoms with E-state index in [0.29, 0.717) is 28.0 Å². The quantitative estimate of drug-likeness (QED) is 0.160. The number of nitrogens with zero attached hydrogens (tertiary/aromatic N) is 1. The van der Waals surface area contributed by atoms with Crippen LogP contribution in [0.5, 0.6) is 0 Å². The van der Waals surface area contributed by atoms with Crippen LogP contribution in [0.2, 0.25) is 0 Å². The summed E-state index contributed by atoms with van der Waals surface area (Å²) < 4.78 is 18.6. The number of nitrogens with one attached hydrogen (secondary N) is 3. The standard InChI is InChI=1S/C34H26FN5O4/c1-19-23(8-5-9-27(19)40-33(42)28-15-10-21(35)17-37-28)24-13-14-26(32(36)41)31-30(24)25-12-11-22(16-29(25)39-31)38-34(43)44-18-20-6-3-2-4-7-20/h2-17,39H,18H2,1H3,(H2,36,41)(H,38,43)(H,40,42). The van der Waals surface area contributed by atoms with E-state index < -0.39 is 23.7 Å². The lowest BCUT2D eigenvalue weighted by atomic mass is 9.93. The lowest BCUT2D eigenvalue weighted by Gasteiger charge is -2.14. The first-order valence-corrected chi connectivity index (χ1v) is 13.7. The molecule has 0 saturated heterocycles. The van der Waals surface area contributed by atoms with Gasteiger partial charge in [-0.15, -0.1) is 0 Å². The normalized spacial score (nSPS) is 11.0. The van der Waals surface area contributed by atoms with Crippen LogP contribution in [-0.2, 0) is 11.3 Å². The molecule has 0 atom stereocenters. The summed E-state index contributed by atoms with van der Waals surface area (Å²) in [5, 5.41) is 7.15. The van der Waals surface area contributed by atoms with Gasteiger partial charge in [-0.1, -0.05) is 54.6 Å². The molecule has 4 aromatic carbocycles. The molecule has 0 unspecified atom stereocenters. The van der Waals surface area contributed by atoms with E-state index in [-0.39, 0.29) is 12.3 Å². The SMILES string of the molecule is Cc1c(NC(=O)c2ccc(F)cn2)cccc1-c1ccc(C(N)=O)c2[nH]c3cc(NC(=O)OCc4ccccc4)ccc3c12. The molecule has 10 heteroatoms. The maximum Gasteiger partial charge on any atom is 0.411 e. The topological polar surface area (TPSA) is 139 Å². The van der Waals surface area contributed by atoms with Crippen LogP contribution in [0.25, 0.3) is 32.9 Å². The lowest BCUT2D eigenvalue weighted by Crippen LogP contribution is -2.14. The first-order valence-electron chi connectivity index (χ1n) is 13.7. The molecule has 0 fully saturated rings. The van der Waals surface area contributed by atoms with Crippen LogP contribution in [-0.4, -0.2) is 27.9 Å². The first kappa shape index (κ1) is 28.1. The van der Waals surface area contributed by atoms with Crippen LogP contribution < -0.4 is 16.4 Å². The second-order valence-electron chi connectivity index (χ2n) is 10.1. The van der Waals surface area contributed by atoms with Gasteiger partial charge in [0, 0.05) is 27.7 Å². The first-order chi connectivity index (χ1) is 21.3. The van der Waals surface area contributed by atoms with E-state index in [1.807, 2.05) is 61.5 Å². The number of amides is 3. The summed E-state index contributed by atoms with van der Waals surface area (Å²) in [6.07, 6.45) is 0.383. The number of aromatic amines is 1. The van der Waals surface area contributed by atoms with E-state index in [1.165, 1.54) is 12.1 Å². The Morgan fingerprint density at radius 3 is 2.48 bits per heavy atom. The van der Waals surface area contributed by atoms with Gasteiger partial charge in [0.15, 0.2) is 0 Å². The number of carbonyl (C=O) groups excluding carboxylic acids is 3. The van der Waals surface area contributed by atoms with Gasteiger partial charge in [-0.2, -0.15) is 0 Å². The predicted molar refractivity (Wildman–Crippen MR) is 167 cm³/mol. The molecule has 0 spiro atoms. The van der Waals surface area contributed by atoms with Crippen LogP contribution in [0.3, 0.4) is 0 Å². The van der Waals surface area contributed by atoms with E-state index in [0.717, 1.165) is 39.2 Å². The van der Waals surface area contributed by atoms with Crippen molar-refractivity contribution in [2.24, 2.45) is 5.73 Å². The minimum Gasteiger partial charge on any atom is -0.444 e. The number of anilines is 2. The number of hydrogen-bond acceptors (Lipinski definition) is 5. The number of H-pyrrole nitrogens is 1. The van der Waals surface area contributed by atoms with E-state index >= 15 is 0 Å². The molecule has 44 heavy (non-hydrogen) atoms. The van der Waals surface area contributed by atoms with Crippen LogP contribution >= 0.6 is 0 Å². The maximum atomic E-state index is 13.3. The zero-order chi connectivity index (χ0) is 30.8. The number of primary amides is 1. The number of fused-ring (bicyclic) bond motifs is 3. The molecule has 9 nitrogen and oxygen atoms in total. The van der Waals surface area contributed by atoms with Gasteiger partial charge >= 0.3 is 6.09 Å². The average Bonchev–Trinajstić information content (AvgIpc) is 3.40. The molecule has 0 aliphatic rings. The van der Waals surface area contributed by atoms with Gasteiger partial charge in [-0.3, -0.25) is 14.9 Å². The third kappa shape index (κ3) is 5.56. The Bertz CT molecular complexity index is 2060. The van der Waals surface area contributed by atoms with Crippen molar-refractivity contribution in [3.63, 3.8) is 0 Å². The Hall–Kier alpha value is -6.03. The zero-order valence-electron chi connectivity index (χ0n) is 23.5. The molecule has 0 saturated carbocycles. The summed E-state index contributed by atoms with van der Waals surface area (Å²) in [5.74, 6) is -1.61. The maximum absolute atomic E-state index is 13.3. The number of halogens is 1. The summed E-state index contributed by atoms with van der Waals surface area (Å²) >= 11 is 0. The largest absolute Gasteiger partial charge is 0.444 e. The van der Waals surface area contributed by atoms with Gasteiger partial charge in [0.2, 0.25) is 0 Å². The Morgan fingerprint density at radius 1 is 0.909 bits per heavy atom. The molecule has 0 aliphatic heterocycles. The molecular weight excluding hydrogens is 561 g/mol. The van der Waals surface area contributed by atoms with Crippen molar-refractivity contribution in [1.29, 1.82) is 0 Å². The molecule has 2 aromatic heterocycles. The monoisotopic (exact) mass is 587 g/mol. The fourth-order valence-corrected chi connectivity index (χ4v) is 5.16. The number of carbonyl (C=O) groups is 3. The van der Waals surface area contributed by atoms with Gasteiger partial charge in [-0.25, -0.2) is 14.2 Å². The van der Waals surface area contributed by atoms with E-state index in [9.17, 15) is 18.8 Å². The summed E-state index contributed by atoms with van der Waals surface area (Å²) in [5.41, 5.74) is 11.6. The number of nitrogens with two attached hydrogens (primary N) is 1. The van der Waals surface area contributed by atoms with Crippen LogP contribution in [0.4, 0.5) is 20.6 Å². The highest BCUT2D eigenvalue weighted by molar-refractivity contribution is 6.20. The summed E-state index contributed by atoms with van der Waals surface area (Å²) in [7, 11) is 0. The van der Waals surface area contributed by atoms with Gasteiger partial charge in [0.1, 0.15) is 18.1 Å². The van der Waals surface area contributed by atoms with Crippen molar-refractivity contribution in [2.75, 3.05) is 10.6 Å². The smallest absolute Gasteiger partial charge is 0.411 e. The fourth-order valence-electron chi connectivity index (χ4n) is 5.16. The third-order valence-corrected chi connectivity index (χ3v) is 7.31. The summed E-state index contributed by atoms with van der Waals surface area (Å²) in [6.45, 7) is 2.00. The molecule has 0 bridgehead atoms. The van der Waals surface area contributed by atoms with Gasteiger partial charge in [-0.05, 0) is 65.6 Å². The van der Waals surface area contributed by atoms with Gasteiger partial charge in [0.25, 0.3) is 11.8 Å². The average molecular weight is 588 g/mol. The molecule has 6 rings (SSSR count). The summed E-state index contributed by atoms with van der Waals surface area (Å²) in [4.78, 5) is 44.8. The van der Waals surface area contributed by atoms with Crippen molar-refractivity contribution in [3.05, 3.63) is 125 Å². The van der Waals surface area contributed by atoms with Crippen molar-refractivity contribution in [3.8, 4) is 11.1 Å². The van der Waals surface area contributed by atoms with Crippen molar-refractivity contribution in [2.45, 2.75) is 13.5 Å². The Morgan fingerprint density at radius 2 is 1.73 bits per heavy atom. The van der Waals surface area contributed by atoms with E-state index in [1.54, 1.807) is 24.3 Å². The second kappa shape index (κ2) is 11.7. The highest BCUT2D eigenvalue weighted by Gasteiger charge is 2.19. The number of aromatic nitrogens is 2. The number of hydrogen-bond donors (Lipinski definition) is 4. The van der Waals surface area contributed by atoms with E-state index in [4.69, 9.17) is 10.5 Å². The van der Waals surface area contributed by atoms with Gasteiger partial charge < -0.3 is 20.8 Å². The van der Waals surface area contributed by atoms with Crippen LogP contribution in [0.1, 0.15) is 32.0 Å². The second-order valence-corrected chi connectivity index (χ2v) is 10.1. The summed E-state index contributed by atoms with van der Waals surface area (Å²) in [6, 6.07) is 26.2. The number of pyridine rings is 1. The number of benzene rings is 4. The molecule has 218 valence electrons. The Balaban J connectivity index is 1.35. The molecule has 3 amide bonds. The minimum absolute atomic E-state index is 0.0781. The Labute approximate surface area is 250 Å². The molecule has 6 aromatic rings. The van der Waals surface area contributed by atoms with Crippen LogP contribution in [0.15, 0.2) is 97.2 Å². The van der Waals surface area contributed by atoms with Gasteiger partial charge in [0.05, 0.1) is 17.3 Å². The molecule has 5 N–H and O–H groups in total.